The van der Waals surface area contributed by atoms with Crippen LogP contribution < -0.4 is 10.2 Å². The molecule has 0 aliphatic carbocycles. The fourth-order valence-electron chi connectivity index (χ4n) is 2.56. The molecule has 23 heavy (non-hydrogen) atoms. The number of thioether (sulfide) groups is 1. The molecule has 1 atom stereocenters. The van der Waals surface area contributed by atoms with Crippen LogP contribution in [0.5, 0.6) is 0 Å². The van der Waals surface area contributed by atoms with Gasteiger partial charge in [0.2, 0.25) is 5.91 Å². The van der Waals surface area contributed by atoms with Crippen LogP contribution in [-0.2, 0) is 4.79 Å². The maximum Gasteiger partial charge on any atom is 0.270 e. The van der Waals surface area contributed by atoms with Crippen LogP contribution in [-0.4, -0.2) is 36.1 Å². The minimum Gasteiger partial charge on any atom is -0.350 e. The summed E-state index contributed by atoms with van der Waals surface area (Å²) >= 11 is 2.99. The maximum atomic E-state index is 12.1. The Morgan fingerprint density at radius 1 is 1.43 bits per heavy atom. The topological polar surface area (TPSA) is 62.3 Å². The minimum atomic E-state index is -0.174. The molecule has 0 bridgehead atoms. The van der Waals surface area contributed by atoms with E-state index in [-0.39, 0.29) is 17.7 Å². The molecule has 5 nitrogen and oxygen atoms in total. The molecule has 120 valence electrons. The van der Waals surface area contributed by atoms with E-state index < -0.39 is 0 Å². The van der Waals surface area contributed by atoms with Crippen molar-refractivity contribution in [2.75, 3.05) is 24.2 Å². The average Bonchev–Trinajstić information content (AvgIpc) is 3.20. The molecule has 3 rings (SSSR count). The van der Waals surface area contributed by atoms with Gasteiger partial charge in [-0.1, -0.05) is 30.0 Å². The Kier molecular flexibility index (Phi) is 4.97. The Balaban J connectivity index is 1.55. The van der Waals surface area contributed by atoms with Crippen molar-refractivity contribution in [2.24, 2.45) is 5.92 Å². The molecule has 2 heterocycles. The van der Waals surface area contributed by atoms with Gasteiger partial charge in [-0.05, 0) is 18.4 Å². The van der Waals surface area contributed by atoms with Crippen LogP contribution in [0.4, 0.5) is 5.69 Å². The van der Waals surface area contributed by atoms with Gasteiger partial charge in [-0.25, -0.2) is 4.98 Å². The highest BCUT2D eigenvalue weighted by molar-refractivity contribution is 8.00. The van der Waals surface area contributed by atoms with Gasteiger partial charge in [-0.2, -0.15) is 0 Å². The number of carbonyl (C=O) groups excluding carboxylic acids is 2. The SMILES string of the molecule is CSc1nc(C(=O)NCC2CC(=O)N(c3ccccc3)C2)cs1. The number of carbonyl (C=O) groups is 2. The van der Waals surface area contributed by atoms with Crippen molar-refractivity contribution < 1.29 is 9.59 Å². The van der Waals surface area contributed by atoms with E-state index in [4.69, 9.17) is 0 Å². The molecular formula is C16H17N3O2S2. The molecular weight excluding hydrogens is 330 g/mol. The van der Waals surface area contributed by atoms with Crippen molar-refractivity contribution in [1.82, 2.24) is 10.3 Å². The first-order valence-electron chi connectivity index (χ1n) is 7.30. The van der Waals surface area contributed by atoms with Crippen molar-refractivity contribution in [3.8, 4) is 0 Å². The van der Waals surface area contributed by atoms with Crippen LogP contribution >= 0.6 is 23.1 Å². The van der Waals surface area contributed by atoms with E-state index in [1.54, 1.807) is 10.3 Å². The van der Waals surface area contributed by atoms with Gasteiger partial charge in [0.15, 0.2) is 0 Å². The van der Waals surface area contributed by atoms with Crippen LogP contribution in [0.1, 0.15) is 16.9 Å². The normalized spacial score (nSPS) is 17.5. The lowest BCUT2D eigenvalue weighted by molar-refractivity contribution is -0.117. The summed E-state index contributed by atoms with van der Waals surface area (Å²) in [6, 6.07) is 9.63. The van der Waals surface area contributed by atoms with Crippen LogP contribution in [0.15, 0.2) is 40.1 Å². The van der Waals surface area contributed by atoms with Gasteiger partial charge >= 0.3 is 0 Å². The fraction of sp³-hybridized carbons (Fsp3) is 0.312. The summed E-state index contributed by atoms with van der Waals surface area (Å²) in [5.41, 5.74) is 1.36. The van der Waals surface area contributed by atoms with E-state index >= 15 is 0 Å². The first-order valence-corrected chi connectivity index (χ1v) is 9.41. The monoisotopic (exact) mass is 347 g/mol. The number of hydrogen-bond donors (Lipinski definition) is 1. The minimum absolute atomic E-state index is 0.105. The number of hydrogen-bond acceptors (Lipinski definition) is 5. The van der Waals surface area contributed by atoms with Crippen molar-refractivity contribution in [3.63, 3.8) is 0 Å². The van der Waals surface area contributed by atoms with E-state index in [9.17, 15) is 9.59 Å². The van der Waals surface area contributed by atoms with Crippen LogP contribution in [0.3, 0.4) is 0 Å². The summed E-state index contributed by atoms with van der Waals surface area (Å²) in [5, 5.41) is 4.65. The number of nitrogens with zero attached hydrogens (tertiary/aromatic N) is 2. The highest BCUT2D eigenvalue weighted by atomic mass is 32.2. The Bertz CT molecular complexity index is 702. The van der Waals surface area contributed by atoms with Gasteiger partial charge in [-0.3, -0.25) is 9.59 Å². The van der Waals surface area contributed by atoms with Crippen molar-refractivity contribution >= 4 is 40.6 Å². The maximum absolute atomic E-state index is 12.1. The number of thiazole rings is 1. The van der Waals surface area contributed by atoms with E-state index in [0.717, 1.165) is 10.0 Å². The van der Waals surface area contributed by atoms with Crippen molar-refractivity contribution in [1.29, 1.82) is 0 Å². The molecule has 7 heteroatoms. The van der Waals surface area contributed by atoms with E-state index in [0.29, 0.717) is 25.2 Å². The molecule has 1 N–H and O–H groups in total. The zero-order valence-electron chi connectivity index (χ0n) is 12.7. The standard InChI is InChI=1S/C16H17N3O2S2/c1-22-16-18-13(10-23-16)15(21)17-8-11-7-14(20)19(9-11)12-5-3-2-4-6-12/h2-6,10-11H,7-9H2,1H3,(H,17,21). The second-order valence-corrected chi connectivity index (χ2v) is 7.23. The summed E-state index contributed by atoms with van der Waals surface area (Å²) < 4.78 is 0.876. The van der Waals surface area contributed by atoms with Crippen LogP contribution in [0, 0.1) is 5.92 Å². The highest BCUT2D eigenvalue weighted by Crippen LogP contribution is 2.24. The quantitative estimate of drug-likeness (QED) is 0.845. The lowest BCUT2D eigenvalue weighted by atomic mass is 10.1. The lowest BCUT2D eigenvalue weighted by Gasteiger charge is -2.16. The molecule has 1 aliphatic rings. The molecule has 1 unspecified atom stereocenters. The third-order valence-electron chi connectivity index (χ3n) is 3.71. The van der Waals surface area contributed by atoms with E-state index in [1.165, 1.54) is 23.1 Å². The van der Waals surface area contributed by atoms with Gasteiger partial charge in [0.1, 0.15) is 10.0 Å². The molecule has 1 aliphatic heterocycles. The number of aromatic nitrogens is 1. The van der Waals surface area contributed by atoms with Gasteiger partial charge in [-0.15, -0.1) is 11.3 Å². The Hall–Kier alpha value is -1.86. The summed E-state index contributed by atoms with van der Waals surface area (Å²) in [6.45, 7) is 1.12. The molecule has 0 radical (unpaired) electrons. The molecule has 1 saturated heterocycles. The summed E-state index contributed by atoms with van der Waals surface area (Å²) in [5.74, 6) is 0.0613. The zero-order valence-corrected chi connectivity index (χ0v) is 14.3. The van der Waals surface area contributed by atoms with Crippen molar-refractivity contribution in [3.05, 3.63) is 41.4 Å². The Morgan fingerprint density at radius 3 is 2.91 bits per heavy atom. The predicted molar refractivity (Wildman–Crippen MR) is 93.1 cm³/mol. The highest BCUT2D eigenvalue weighted by Gasteiger charge is 2.30. The number of benzene rings is 1. The Labute approximate surface area is 143 Å². The number of nitrogens with one attached hydrogen (secondary N) is 1. The molecule has 0 spiro atoms. The third kappa shape index (κ3) is 3.73. The number of amides is 2. The summed E-state index contributed by atoms with van der Waals surface area (Å²) in [4.78, 5) is 30.3. The number of rotatable bonds is 5. The van der Waals surface area contributed by atoms with Crippen LogP contribution in [0.25, 0.3) is 0 Å². The fourth-order valence-corrected chi connectivity index (χ4v) is 3.80. The van der Waals surface area contributed by atoms with E-state index in [1.807, 2.05) is 36.6 Å². The Morgan fingerprint density at radius 2 is 2.22 bits per heavy atom. The van der Waals surface area contributed by atoms with E-state index in [2.05, 4.69) is 10.3 Å². The van der Waals surface area contributed by atoms with Crippen LogP contribution in [0.2, 0.25) is 0 Å². The third-order valence-corrected chi connectivity index (χ3v) is 5.58. The van der Waals surface area contributed by atoms with Crippen molar-refractivity contribution in [2.45, 2.75) is 10.8 Å². The summed E-state index contributed by atoms with van der Waals surface area (Å²) in [6.07, 6.45) is 2.39. The average molecular weight is 347 g/mol. The second kappa shape index (κ2) is 7.14. The van der Waals surface area contributed by atoms with Gasteiger partial charge < -0.3 is 10.2 Å². The first kappa shape index (κ1) is 16.0. The first-order chi connectivity index (χ1) is 11.2. The van der Waals surface area contributed by atoms with Gasteiger partial charge in [0.05, 0.1) is 0 Å². The smallest absolute Gasteiger partial charge is 0.270 e. The molecule has 1 aromatic heterocycles. The molecule has 1 aromatic carbocycles. The van der Waals surface area contributed by atoms with Gasteiger partial charge in [0.25, 0.3) is 5.91 Å². The van der Waals surface area contributed by atoms with Gasteiger partial charge in [0, 0.05) is 36.5 Å². The number of para-hydroxylation sites is 1. The molecule has 0 saturated carbocycles. The molecule has 2 amide bonds. The lowest BCUT2D eigenvalue weighted by Crippen LogP contribution is -2.31. The summed E-state index contributed by atoms with van der Waals surface area (Å²) in [7, 11) is 0. The molecule has 1 fully saturated rings. The predicted octanol–water partition coefficient (Wildman–Crippen LogP) is 2.65. The largest absolute Gasteiger partial charge is 0.350 e. The second-order valence-electron chi connectivity index (χ2n) is 5.32. The zero-order chi connectivity index (χ0) is 16.2. The number of anilines is 1. The molecule has 2 aromatic rings.